The summed E-state index contributed by atoms with van der Waals surface area (Å²) in [5.41, 5.74) is 6.33. The van der Waals surface area contributed by atoms with Crippen LogP contribution in [0.3, 0.4) is 0 Å². The van der Waals surface area contributed by atoms with Crippen LogP contribution in [0, 0.1) is 0 Å². The Balaban J connectivity index is 2.68. The van der Waals surface area contributed by atoms with Crippen molar-refractivity contribution in [3.8, 4) is 0 Å². The molecule has 0 fully saturated rings. The van der Waals surface area contributed by atoms with Crippen molar-refractivity contribution in [3.63, 3.8) is 0 Å². The number of ether oxygens (including phenoxy) is 1. The van der Waals surface area contributed by atoms with E-state index in [0.717, 1.165) is 10.9 Å². The summed E-state index contributed by atoms with van der Waals surface area (Å²) in [5.74, 6) is 0.578. The number of nitrogen functional groups attached to an aromatic ring is 1. The molecule has 0 aliphatic heterocycles. The summed E-state index contributed by atoms with van der Waals surface area (Å²) in [4.78, 5) is 0.695. The zero-order valence-electron chi connectivity index (χ0n) is 8.53. The van der Waals surface area contributed by atoms with Crippen LogP contribution in [0.4, 0.5) is 5.69 Å². The Morgan fingerprint density at radius 3 is 2.93 bits per heavy atom. The van der Waals surface area contributed by atoms with Gasteiger partial charge in [-0.2, -0.15) is 0 Å². The highest BCUT2D eigenvalue weighted by molar-refractivity contribution is 9.10. The Kier molecular flexibility index (Phi) is 5.28. The molecule has 0 heterocycles. The van der Waals surface area contributed by atoms with E-state index >= 15 is 0 Å². The fraction of sp³-hybridized carbons (Fsp3) is 0.400. The van der Waals surface area contributed by atoms with Gasteiger partial charge in [0.15, 0.2) is 0 Å². The average molecular weight is 292 g/mol. The second-order valence-electron chi connectivity index (χ2n) is 3.08. The molecule has 0 saturated carbocycles. The third-order valence-electron chi connectivity index (χ3n) is 1.90. The minimum Gasteiger partial charge on any atom is -0.398 e. The van der Waals surface area contributed by atoms with Crippen LogP contribution in [0.2, 0.25) is 0 Å². The van der Waals surface area contributed by atoms with E-state index in [0.29, 0.717) is 22.9 Å². The summed E-state index contributed by atoms with van der Waals surface area (Å²) in [7, 11) is 0.594. The summed E-state index contributed by atoms with van der Waals surface area (Å²) in [6.45, 7) is 0.625. The summed E-state index contributed by atoms with van der Waals surface area (Å²) in [6, 6.07) is 5.40. The maximum atomic E-state index is 11.8. The first-order chi connectivity index (χ1) is 7.15. The largest absolute Gasteiger partial charge is 0.398 e. The van der Waals surface area contributed by atoms with Crippen molar-refractivity contribution >= 4 is 32.4 Å². The Morgan fingerprint density at radius 2 is 2.27 bits per heavy atom. The van der Waals surface area contributed by atoms with Gasteiger partial charge in [-0.1, -0.05) is 15.9 Å². The fourth-order valence-corrected chi connectivity index (χ4v) is 2.85. The third kappa shape index (κ3) is 3.93. The molecule has 2 N–H and O–H groups in total. The molecule has 15 heavy (non-hydrogen) atoms. The molecule has 0 amide bonds. The van der Waals surface area contributed by atoms with E-state index in [1.807, 2.05) is 6.07 Å². The zero-order valence-corrected chi connectivity index (χ0v) is 10.9. The highest BCUT2D eigenvalue weighted by atomic mass is 79.9. The van der Waals surface area contributed by atoms with Crippen molar-refractivity contribution in [1.29, 1.82) is 0 Å². The lowest BCUT2D eigenvalue weighted by Gasteiger charge is -2.06. The van der Waals surface area contributed by atoms with E-state index in [2.05, 4.69) is 15.9 Å². The molecule has 5 heteroatoms. The van der Waals surface area contributed by atoms with Crippen molar-refractivity contribution in [2.45, 2.75) is 11.3 Å². The van der Waals surface area contributed by atoms with Gasteiger partial charge in [-0.25, -0.2) is 0 Å². The molecule has 1 unspecified atom stereocenters. The Morgan fingerprint density at radius 1 is 1.53 bits per heavy atom. The summed E-state index contributed by atoms with van der Waals surface area (Å²) in [5, 5.41) is 0. The maximum absolute atomic E-state index is 11.8. The number of nitrogens with two attached hydrogens (primary N) is 1. The maximum Gasteiger partial charge on any atom is 0.0628 e. The number of hydrogen-bond acceptors (Lipinski definition) is 3. The first kappa shape index (κ1) is 12.7. The van der Waals surface area contributed by atoms with Gasteiger partial charge in [0.05, 0.1) is 15.7 Å². The normalized spacial score (nSPS) is 12.7. The standard InChI is InChI=1S/C10H14BrNO2S/c1-14-5-2-6-15(13)10-7-8(11)3-4-9(10)12/h3-4,7H,2,5-6,12H2,1H3. The number of halogens is 1. The quantitative estimate of drug-likeness (QED) is 0.668. The predicted octanol–water partition coefficient (Wildman–Crippen LogP) is 2.18. The minimum atomic E-state index is -1.04. The fourth-order valence-electron chi connectivity index (χ4n) is 1.15. The van der Waals surface area contributed by atoms with Gasteiger partial charge in [-0.05, 0) is 24.6 Å². The topological polar surface area (TPSA) is 52.3 Å². The van der Waals surface area contributed by atoms with Gasteiger partial charge in [0.1, 0.15) is 0 Å². The van der Waals surface area contributed by atoms with Crippen molar-refractivity contribution < 1.29 is 8.95 Å². The molecule has 0 aromatic heterocycles. The van der Waals surface area contributed by atoms with E-state index in [1.54, 1.807) is 19.2 Å². The summed E-state index contributed by atoms with van der Waals surface area (Å²) >= 11 is 3.33. The molecule has 0 spiro atoms. The molecule has 3 nitrogen and oxygen atoms in total. The van der Waals surface area contributed by atoms with Crippen molar-refractivity contribution in [1.82, 2.24) is 0 Å². The number of benzene rings is 1. The average Bonchev–Trinajstić information content (AvgIpc) is 2.22. The summed E-state index contributed by atoms with van der Waals surface area (Å²) in [6.07, 6.45) is 0.773. The molecule has 1 aromatic carbocycles. The SMILES string of the molecule is COCCCS(=O)c1cc(Br)ccc1N. The molecule has 1 aromatic rings. The van der Waals surface area contributed by atoms with Crippen LogP contribution in [0.1, 0.15) is 6.42 Å². The van der Waals surface area contributed by atoms with Gasteiger partial charge in [-0.15, -0.1) is 0 Å². The van der Waals surface area contributed by atoms with Crippen LogP contribution < -0.4 is 5.73 Å². The van der Waals surface area contributed by atoms with E-state index in [9.17, 15) is 4.21 Å². The third-order valence-corrected chi connectivity index (χ3v) is 3.90. The Labute approximate surface area is 101 Å². The zero-order chi connectivity index (χ0) is 11.3. The second kappa shape index (κ2) is 6.25. The number of methoxy groups -OCH3 is 1. The second-order valence-corrected chi connectivity index (χ2v) is 5.53. The highest BCUT2D eigenvalue weighted by Gasteiger charge is 2.08. The van der Waals surface area contributed by atoms with E-state index in [-0.39, 0.29) is 0 Å². The monoisotopic (exact) mass is 291 g/mol. The van der Waals surface area contributed by atoms with Gasteiger partial charge < -0.3 is 10.5 Å². The molecule has 0 radical (unpaired) electrons. The van der Waals surface area contributed by atoms with Crippen LogP contribution in [-0.4, -0.2) is 23.7 Å². The smallest absolute Gasteiger partial charge is 0.0628 e. The first-order valence-corrected chi connectivity index (χ1v) is 6.68. The summed E-state index contributed by atoms with van der Waals surface area (Å²) < 4.78 is 17.6. The number of rotatable bonds is 5. The Bertz CT molecular complexity index is 357. The molecule has 0 saturated heterocycles. The van der Waals surface area contributed by atoms with Crippen LogP contribution in [0.5, 0.6) is 0 Å². The van der Waals surface area contributed by atoms with E-state index in [1.165, 1.54) is 0 Å². The van der Waals surface area contributed by atoms with E-state index < -0.39 is 10.8 Å². The van der Waals surface area contributed by atoms with Crippen molar-refractivity contribution in [2.24, 2.45) is 0 Å². The lowest BCUT2D eigenvalue weighted by atomic mass is 10.3. The molecule has 1 atom stereocenters. The first-order valence-electron chi connectivity index (χ1n) is 4.57. The van der Waals surface area contributed by atoms with Gasteiger partial charge in [-0.3, -0.25) is 4.21 Å². The van der Waals surface area contributed by atoms with Crippen molar-refractivity contribution in [3.05, 3.63) is 22.7 Å². The van der Waals surface area contributed by atoms with Gasteiger partial charge >= 0.3 is 0 Å². The van der Waals surface area contributed by atoms with Gasteiger partial charge in [0, 0.05) is 29.6 Å². The van der Waals surface area contributed by atoms with Crippen LogP contribution >= 0.6 is 15.9 Å². The van der Waals surface area contributed by atoms with Crippen LogP contribution in [0.15, 0.2) is 27.6 Å². The number of anilines is 1. The van der Waals surface area contributed by atoms with Crippen molar-refractivity contribution in [2.75, 3.05) is 25.2 Å². The number of hydrogen-bond donors (Lipinski definition) is 1. The van der Waals surface area contributed by atoms with Gasteiger partial charge in [0.25, 0.3) is 0 Å². The minimum absolute atomic E-state index is 0.578. The predicted molar refractivity (Wildman–Crippen MR) is 66.3 cm³/mol. The molecular formula is C10H14BrNO2S. The molecule has 84 valence electrons. The molecule has 0 aliphatic rings. The molecule has 0 aliphatic carbocycles. The van der Waals surface area contributed by atoms with E-state index in [4.69, 9.17) is 10.5 Å². The molecule has 1 rings (SSSR count). The van der Waals surface area contributed by atoms with Crippen LogP contribution in [0.25, 0.3) is 0 Å². The lowest BCUT2D eigenvalue weighted by Crippen LogP contribution is -2.04. The highest BCUT2D eigenvalue weighted by Crippen LogP contribution is 2.22. The lowest BCUT2D eigenvalue weighted by molar-refractivity contribution is 0.200. The van der Waals surface area contributed by atoms with Gasteiger partial charge in [0.2, 0.25) is 0 Å². The van der Waals surface area contributed by atoms with Crippen LogP contribution in [-0.2, 0) is 15.5 Å². The molecule has 0 bridgehead atoms. The molecular weight excluding hydrogens is 278 g/mol. The Hall–Kier alpha value is -0.390.